The predicted molar refractivity (Wildman–Crippen MR) is 109 cm³/mol. The number of nitrogens with zero attached hydrogens (tertiary/aromatic N) is 3. The highest BCUT2D eigenvalue weighted by Crippen LogP contribution is 2.39. The van der Waals surface area contributed by atoms with Gasteiger partial charge in [0.05, 0.1) is 12.8 Å². The molecule has 1 aliphatic heterocycles. The van der Waals surface area contributed by atoms with E-state index in [-0.39, 0.29) is 11.5 Å². The Morgan fingerprint density at radius 1 is 1.25 bits per heavy atom. The first kappa shape index (κ1) is 19.0. The Hall–Kier alpha value is -2.30. The van der Waals surface area contributed by atoms with Gasteiger partial charge in [0.15, 0.2) is 0 Å². The first-order valence-corrected chi connectivity index (χ1v) is 10.6. The van der Waals surface area contributed by atoms with Gasteiger partial charge in [-0.15, -0.1) is 0 Å². The highest BCUT2D eigenvalue weighted by atomic mass is 16.6. The largest absolute Gasteiger partial charge is 0.449 e. The van der Waals surface area contributed by atoms with Crippen molar-refractivity contribution in [3.8, 4) is 0 Å². The van der Waals surface area contributed by atoms with Gasteiger partial charge in [-0.05, 0) is 30.4 Å². The number of carbonyl (C=O) groups excluding carboxylic acids is 1. The molecule has 2 aromatic rings. The van der Waals surface area contributed by atoms with E-state index in [1.54, 1.807) is 0 Å². The van der Waals surface area contributed by atoms with Gasteiger partial charge in [-0.25, -0.2) is 4.79 Å². The van der Waals surface area contributed by atoms with Crippen LogP contribution in [0.2, 0.25) is 0 Å². The molecule has 4 rings (SSSR count). The number of rotatable bonds is 4. The summed E-state index contributed by atoms with van der Waals surface area (Å²) < 4.78 is 7.52. The van der Waals surface area contributed by atoms with Gasteiger partial charge < -0.3 is 9.64 Å². The molecule has 0 N–H and O–H groups in total. The maximum absolute atomic E-state index is 12.9. The number of hydrogen-bond donors (Lipinski definition) is 0. The van der Waals surface area contributed by atoms with E-state index in [1.165, 1.54) is 43.2 Å². The number of hydrogen-bond acceptors (Lipinski definition) is 3. The molecule has 2 aliphatic rings. The summed E-state index contributed by atoms with van der Waals surface area (Å²) in [6, 6.07) is 8.41. The molecule has 1 aromatic carbocycles. The van der Waals surface area contributed by atoms with Crippen LogP contribution in [0.25, 0.3) is 0 Å². The SMILES string of the molecule is Cn1cc(C2(C)CN(C(=O)OCCC3CCCCC3)Cc3ccccc32)cn1. The molecule has 2 heterocycles. The van der Waals surface area contributed by atoms with Crippen LogP contribution in [0.3, 0.4) is 0 Å². The van der Waals surface area contributed by atoms with Gasteiger partial charge in [0.25, 0.3) is 0 Å². The average Bonchev–Trinajstić information content (AvgIpc) is 3.16. The van der Waals surface area contributed by atoms with E-state index in [4.69, 9.17) is 4.74 Å². The zero-order valence-corrected chi connectivity index (χ0v) is 17.1. The first-order valence-electron chi connectivity index (χ1n) is 10.6. The van der Waals surface area contributed by atoms with Crippen molar-refractivity contribution < 1.29 is 9.53 Å². The fourth-order valence-corrected chi connectivity index (χ4v) is 4.89. The zero-order chi connectivity index (χ0) is 19.6. The number of carbonyl (C=O) groups is 1. The Labute approximate surface area is 167 Å². The predicted octanol–water partition coefficient (Wildman–Crippen LogP) is 4.65. The van der Waals surface area contributed by atoms with Crippen molar-refractivity contribution in [1.29, 1.82) is 0 Å². The van der Waals surface area contributed by atoms with Crippen LogP contribution in [0.5, 0.6) is 0 Å². The quantitative estimate of drug-likeness (QED) is 0.774. The smallest absolute Gasteiger partial charge is 0.410 e. The summed E-state index contributed by atoms with van der Waals surface area (Å²) in [5.74, 6) is 0.726. The molecule has 28 heavy (non-hydrogen) atoms. The first-order chi connectivity index (χ1) is 13.6. The lowest BCUT2D eigenvalue weighted by molar-refractivity contribution is 0.0826. The number of amides is 1. The summed E-state index contributed by atoms with van der Waals surface area (Å²) in [7, 11) is 1.93. The number of fused-ring (bicyclic) bond motifs is 1. The zero-order valence-electron chi connectivity index (χ0n) is 17.1. The second kappa shape index (κ2) is 7.98. The van der Waals surface area contributed by atoms with Gasteiger partial charge in [-0.3, -0.25) is 4.68 Å². The Balaban J connectivity index is 1.47. The van der Waals surface area contributed by atoms with E-state index in [2.05, 4.69) is 36.4 Å². The van der Waals surface area contributed by atoms with Crippen LogP contribution in [0.1, 0.15) is 62.1 Å². The molecular weight excluding hydrogens is 350 g/mol. The van der Waals surface area contributed by atoms with Crippen molar-refractivity contribution in [2.24, 2.45) is 13.0 Å². The van der Waals surface area contributed by atoms with Crippen molar-refractivity contribution in [2.75, 3.05) is 13.2 Å². The summed E-state index contributed by atoms with van der Waals surface area (Å²) in [5, 5.41) is 4.36. The van der Waals surface area contributed by atoms with E-state index < -0.39 is 0 Å². The normalized spacial score (nSPS) is 22.7. The molecule has 1 amide bonds. The van der Waals surface area contributed by atoms with Gasteiger partial charge >= 0.3 is 6.09 Å². The monoisotopic (exact) mass is 381 g/mol. The minimum atomic E-state index is -0.286. The van der Waals surface area contributed by atoms with Crippen molar-refractivity contribution in [3.63, 3.8) is 0 Å². The highest BCUT2D eigenvalue weighted by molar-refractivity contribution is 5.69. The standard InChI is InChI=1S/C23H31N3O2/c1-23(20-14-24-25(2)16-20)17-26(15-19-10-6-7-11-21(19)23)22(27)28-13-12-18-8-4-3-5-9-18/h6-7,10-11,14,16,18H,3-5,8-9,12-13,15,17H2,1-2H3. The van der Waals surface area contributed by atoms with Gasteiger partial charge in [-0.1, -0.05) is 56.4 Å². The average molecular weight is 382 g/mol. The minimum absolute atomic E-state index is 0.194. The van der Waals surface area contributed by atoms with Gasteiger partial charge in [0, 0.05) is 37.3 Å². The number of aromatic nitrogens is 2. The molecule has 0 spiro atoms. The molecule has 0 radical (unpaired) electrons. The van der Waals surface area contributed by atoms with E-state index in [9.17, 15) is 4.79 Å². The van der Waals surface area contributed by atoms with Crippen molar-refractivity contribution in [3.05, 3.63) is 53.3 Å². The van der Waals surface area contributed by atoms with E-state index in [1.807, 2.05) is 28.9 Å². The van der Waals surface area contributed by atoms with Crippen molar-refractivity contribution in [1.82, 2.24) is 14.7 Å². The van der Waals surface area contributed by atoms with Crippen LogP contribution < -0.4 is 0 Å². The Bertz CT molecular complexity index is 825. The minimum Gasteiger partial charge on any atom is -0.449 e. The van der Waals surface area contributed by atoms with Crippen molar-refractivity contribution in [2.45, 2.75) is 57.4 Å². The second-order valence-electron chi connectivity index (χ2n) is 8.66. The maximum Gasteiger partial charge on any atom is 0.410 e. The lowest BCUT2D eigenvalue weighted by Crippen LogP contribution is -2.47. The molecule has 0 bridgehead atoms. The number of ether oxygens (including phenoxy) is 1. The van der Waals surface area contributed by atoms with Gasteiger partial charge in [0.2, 0.25) is 0 Å². The van der Waals surface area contributed by atoms with Crippen LogP contribution in [0.15, 0.2) is 36.7 Å². The van der Waals surface area contributed by atoms with Gasteiger partial charge in [0.1, 0.15) is 0 Å². The molecule has 1 fully saturated rings. The second-order valence-corrected chi connectivity index (χ2v) is 8.66. The Kier molecular flexibility index (Phi) is 5.42. The summed E-state index contributed by atoms with van der Waals surface area (Å²) in [5.41, 5.74) is 3.30. The molecule has 150 valence electrons. The van der Waals surface area contributed by atoms with Crippen LogP contribution >= 0.6 is 0 Å². The van der Waals surface area contributed by atoms with Gasteiger partial charge in [-0.2, -0.15) is 5.10 Å². The van der Waals surface area contributed by atoms with Crippen molar-refractivity contribution >= 4 is 6.09 Å². The Morgan fingerprint density at radius 2 is 2.04 bits per heavy atom. The Morgan fingerprint density at radius 3 is 2.79 bits per heavy atom. The third-order valence-corrected chi connectivity index (χ3v) is 6.56. The lowest BCUT2D eigenvalue weighted by Gasteiger charge is -2.41. The number of benzene rings is 1. The summed E-state index contributed by atoms with van der Waals surface area (Å²) in [6.07, 6.45) is 11.3. The van der Waals surface area contributed by atoms with Crippen LogP contribution in [-0.4, -0.2) is 33.9 Å². The summed E-state index contributed by atoms with van der Waals surface area (Å²) in [6.45, 7) is 3.95. The number of aryl methyl sites for hydroxylation is 1. The third-order valence-electron chi connectivity index (χ3n) is 6.56. The van der Waals surface area contributed by atoms with Crippen LogP contribution in [0, 0.1) is 5.92 Å². The molecule has 1 aliphatic carbocycles. The van der Waals surface area contributed by atoms with E-state index in [0.717, 1.165) is 17.9 Å². The van der Waals surface area contributed by atoms with E-state index in [0.29, 0.717) is 19.7 Å². The van der Waals surface area contributed by atoms with Crippen LogP contribution in [-0.2, 0) is 23.7 Å². The maximum atomic E-state index is 12.9. The fourth-order valence-electron chi connectivity index (χ4n) is 4.89. The fraction of sp³-hybridized carbons (Fsp3) is 0.565. The van der Waals surface area contributed by atoms with E-state index >= 15 is 0 Å². The molecule has 1 unspecified atom stereocenters. The summed E-state index contributed by atoms with van der Waals surface area (Å²) in [4.78, 5) is 14.7. The molecule has 1 atom stereocenters. The van der Waals surface area contributed by atoms with Crippen LogP contribution in [0.4, 0.5) is 4.79 Å². The summed E-state index contributed by atoms with van der Waals surface area (Å²) >= 11 is 0. The third kappa shape index (κ3) is 3.80. The molecule has 1 aromatic heterocycles. The molecule has 1 saturated carbocycles. The molecule has 5 nitrogen and oxygen atoms in total. The molecule has 5 heteroatoms. The highest BCUT2D eigenvalue weighted by Gasteiger charge is 2.40. The topological polar surface area (TPSA) is 47.4 Å². The molecular formula is C23H31N3O2. The molecule has 0 saturated heterocycles. The lowest BCUT2D eigenvalue weighted by atomic mass is 9.73.